The Labute approximate surface area is 89.2 Å². The number of nitrogens with one attached hydrogen (secondary N) is 1. The summed E-state index contributed by atoms with van der Waals surface area (Å²) in [6.45, 7) is 0. The fourth-order valence-corrected chi connectivity index (χ4v) is 1.44. The summed E-state index contributed by atoms with van der Waals surface area (Å²) in [5.74, 6) is -0.438. The van der Waals surface area contributed by atoms with Crippen LogP contribution in [0, 0.1) is 0 Å². The maximum Gasteiger partial charge on any atom is 0.410 e. The van der Waals surface area contributed by atoms with E-state index in [0.717, 1.165) is 16.4 Å². The molecule has 0 aliphatic carbocycles. The summed E-state index contributed by atoms with van der Waals surface area (Å²) in [4.78, 5) is 30.2. The number of thiazole rings is 1. The summed E-state index contributed by atoms with van der Waals surface area (Å²) in [7, 11) is 2.78. The Morgan fingerprint density at radius 1 is 1.67 bits per heavy atom. The van der Waals surface area contributed by atoms with Crippen LogP contribution >= 0.6 is 11.3 Å². The number of amides is 2. The van der Waals surface area contributed by atoms with Gasteiger partial charge in [0.05, 0.1) is 7.11 Å². The average Bonchev–Trinajstić information content (AvgIpc) is 2.63. The van der Waals surface area contributed by atoms with Crippen LogP contribution in [0.1, 0.15) is 10.5 Å². The summed E-state index contributed by atoms with van der Waals surface area (Å²) in [5.41, 5.74) is 0.133. The van der Waals surface area contributed by atoms with E-state index >= 15 is 0 Å². The minimum atomic E-state index is -1.22. The molecule has 0 spiro atoms. The molecule has 8 heteroatoms. The molecular weight excluding hydrogens is 222 g/mol. The Bertz CT molecular complexity index is 378. The molecule has 0 aliphatic rings. The van der Waals surface area contributed by atoms with Gasteiger partial charge < -0.3 is 5.11 Å². The standard InChI is InChI=1S/C7H9N3O4S/c1-10(14-2)5(11)4-3-15-6(8-4)9-7(12)13/h3H,1-2H3,(H,8,9)(H,12,13). The van der Waals surface area contributed by atoms with Crippen molar-refractivity contribution in [2.24, 2.45) is 0 Å². The first kappa shape index (κ1) is 11.4. The van der Waals surface area contributed by atoms with E-state index in [1.807, 2.05) is 5.32 Å². The van der Waals surface area contributed by atoms with E-state index in [9.17, 15) is 9.59 Å². The molecule has 7 nitrogen and oxygen atoms in total. The summed E-state index contributed by atoms with van der Waals surface area (Å²) < 4.78 is 0. The highest BCUT2D eigenvalue weighted by atomic mass is 32.1. The van der Waals surface area contributed by atoms with Gasteiger partial charge in [0.1, 0.15) is 5.69 Å². The van der Waals surface area contributed by atoms with Gasteiger partial charge in [-0.15, -0.1) is 11.3 Å². The molecule has 1 aromatic rings. The third-order valence-corrected chi connectivity index (χ3v) is 2.25. The third-order valence-electron chi connectivity index (χ3n) is 1.50. The SMILES string of the molecule is CON(C)C(=O)c1csc(NC(=O)O)n1. The van der Waals surface area contributed by atoms with E-state index < -0.39 is 12.0 Å². The van der Waals surface area contributed by atoms with Gasteiger partial charge in [-0.25, -0.2) is 14.8 Å². The van der Waals surface area contributed by atoms with Gasteiger partial charge in [0.15, 0.2) is 5.13 Å². The van der Waals surface area contributed by atoms with Gasteiger partial charge in [0.2, 0.25) is 0 Å². The van der Waals surface area contributed by atoms with Crippen molar-refractivity contribution in [3.63, 3.8) is 0 Å². The number of carboxylic acid groups (broad SMARTS) is 1. The van der Waals surface area contributed by atoms with Crippen molar-refractivity contribution in [2.75, 3.05) is 19.5 Å². The quantitative estimate of drug-likeness (QED) is 0.753. The molecule has 0 saturated heterocycles. The van der Waals surface area contributed by atoms with Crippen molar-refractivity contribution >= 4 is 28.5 Å². The first-order valence-electron chi connectivity index (χ1n) is 3.82. The topological polar surface area (TPSA) is 91.8 Å². The number of anilines is 1. The Kier molecular flexibility index (Phi) is 3.58. The van der Waals surface area contributed by atoms with Gasteiger partial charge in [-0.2, -0.15) is 0 Å². The van der Waals surface area contributed by atoms with Crippen molar-refractivity contribution in [1.29, 1.82) is 0 Å². The Balaban J connectivity index is 2.75. The Hall–Kier alpha value is -1.67. The summed E-state index contributed by atoms with van der Waals surface area (Å²) in [5, 5.41) is 13.1. The number of nitrogens with zero attached hydrogens (tertiary/aromatic N) is 2. The zero-order chi connectivity index (χ0) is 11.4. The molecule has 0 saturated carbocycles. The van der Waals surface area contributed by atoms with Gasteiger partial charge in [0.25, 0.3) is 5.91 Å². The highest BCUT2D eigenvalue weighted by molar-refractivity contribution is 7.14. The fourth-order valence-electron chi connectivity index (χ4n) is 0.765. The van der Waals surface area contributed by atoms with Gasteiger partial charge in [0, 0.05) is 12.4 Å². The molecule has 0 atom stereocenters. The fraction of sp³-hybridized carbons (Fsp3) is 0.286. The zero-order valence-electron chi connectivity index (χ0n) is 8.05. The predicted octanol–water partition coefficient (Wildman–Crippen LogP) is 0.866. The van der Waals surface area contributed by atoms with E-state index in [1.54, 1.807) is 0 Å². The predicted molar refractivity (Wildman–Crippen MR) is 52.9 cm³/mol. The van der Waals surface area contributed by atoms with Gasteiger partial charge >= 0.3 is 6.09 Å². The van der Waals surface area contributed by atoms with E-state index in [1.165, 1.54) is 19.5 Å². The lowest BCUT2D eigenvalue weighted by atomic mass is 10.5. The van der Waals surface area contributed by atoms with Crippen LogP contribution in [-0.4, -0.2) is 41.3 Å². The lowest BCUT2D eigenvalue weighted by Crippen LogP contribution is -2.25. The minimum Gasteiger partial charge on any atom is -0.465 e. The van der Waals surface area contributed by atoms with E-state index in [2.05, 4.69) is 9.82 Å². The number of aromatic nitrogens is 1. The summed E-state index contributed by atoms with van der Waals surface area (Å²) in [6.07, 6.45) is -1.22. The maximum atomic E-state index is 11.4. The van der Waals surface area contributed by atoms with Crippen LogP contribution in [0.4, 0.5) is 9.93 Å². The van der Waals surface area contributed by atoms with Crippen LogP contribution in [-0.2, 0) is 4.84 Å². The number of hydroxylamine groups is 2. The zero-order valence-corrected chi connectivity index (χ0v) is 8.87. The van der Waals surface area contributed by atoms with Gasteiger partial charge in [-0.05, 0) is 0 Å². The molecule has 0 fully saturated rings. The van der Waals surface area contributed by atoms with Crippen molar-refractivity contribution < 1.29 is 19.5 Å². The van der Waals surface area contributed by atoms with Crippen LogP contribution in [0.2, 0.25) is 0 Å². The molecule has 82 valence electrons. The second kappa shape index (κ2) is 4.71. The van der Waals surface area contributed by atoms with Crippen LogP contribution in [0.25, 0.3) is 0 Å². The summed E-state index contributed by atoms with van der Waals surface area (Å²) in [6, 6.07) is 0. The molecule has 0 bridgehead atoms. The molecule has 2 amide bonds. The number of hydrogen-bond acceptors (Lipinski definition) is 5. The molecular formula is C7H9N3O4S. The second-order valence-corrected chi connectivity index (χ2v) is 3.31. The van der Waals surface area contributed by atoms with Crippen molar-refractivity contribution in [3.8, 4) is 0 Å². The molecule has 0 unspecified atom stereocenters. The van der Waals surface area contributed by atoms with Gasteiger partial charge in [-0.3, -0.25) is 14.9 Å². The molecule has 1 rings (SSSR count). The Morgan fingerprint density at radius 2 is 2.33 bits per heavy atom. The summed E-state index contributed by atoms with van der Waals surface area (Å²) >= 11 is 1.03. The molecule has 15 heavy (non-hydrogen) atoms. The maximum absolute atomic E-state index is 11.4. The first-order chi connectivity index (χ1) is 7.04. The number of carbonyl (C=O) groups excluding carboxylic acids is 1. The molecule has 0 aliphatic heterocycles. The van der Waals surface area contributed by atoms with Crippen LogP contribution in [0.15, 0.2) is 5.38 Å². The first-order valence-corrected chi connectivity index (χ1v) is 4.70. The second-order valence-electron chi connectivity index (χ2n) is 2.45. The largest absolute Gasteiger partial charge is 0.465 e. The monoisotopic (exact) mass is 231 g/mol. The lowest BCUT2D eigenvalue weighted by molar-refractivity contribution is -0.0759. The molecule has 1 heterocycles. The Morgan fingerprint density at radius 3 is 2.87 bits per heavy atom. The van der Waals surface area contributed by atoms with E-state index in [4.69, 9.17) is 5.11 Å². The van der Waals surface area contributed by atoms with Crippen molar-refractivity contribution in [2.45, 2.75) is 0 Å². The minimum absolute atomic E-state index is 0.133. The third kappa shape index (κ3) is 2.89. The number of hydrogen-bond donors (Lipinski definition) is 2. The molecule has 1 aromatic heterocycles. The lowest BCUT2D eigenvalue weighted by Gasteiger charge is -2.10. The molecule has 0 radical (unpaired) electrons. The van der Waals surface area contributed by atoms with E-state index in [-0.39, 0.29) is 10.8 Å². The van der Waals surface area contributed by atoms with E-state index in [0.29, 0.717) is 0 Å². The normalized spacial score (nSPS) is 9.73. The van der Waals surface area contributed by atoms with Crippen molar-refractivity contribution in [3.05, 3.63) is 11.1 Å². The van der Waals surface area contributed by atoms with Crippen LogP contribution in [0.5, 0.6) is 0 Å². The molecule has 0 aromatic carbocycles. The van der Waals surface area contributed by atoms with Crippen LogP contribution < -0.4 is 5.32 Å². The highest BCUT2D eigenvalue weighted by Crippen LogP contribution is 2.16. The van der Waals surface area contributed by atoms with Crippen molar-refractivity contribution in [1.82, 2.24) is 10.0 Å². The molecule has 2 N–H and O–H groups in total. The average molecular weight is 231 g/mol. The number of rotatable bonds is 3. The number of carbonyl (C=O) groups is 2. The van der Waals surface area contributed by atoms with Gasteiger partial charge in [-0.1, -0.05) is 0 Å². The highest BCUT2D eigenvalue weighted by Gasteiger charge is 2.15. The van der Waals surface area contributed by atoms with Crippen LogP contribution in [0.3, 0.4) is 0 Å². The smallest absolute Gasteiger partial charge is 0.410 e.